The molecule has 1 unspecified atom stereocenters. The SMILES string of the molecule is CCCC(C)(NC(=O)c1ccc(OCc2ccncc2)cc1)C(=O)O. The first-order chi connectivity index (χ1) is 11.9. The highest BCUT2D eigenvalue weighted by Crippen LogP contribution is 2.17. The molecule has 0 fully saturated rings. The van der Waals surface area contributed by atoms with Crippen LogP contribution in [0.4, 0.5) is 0 Å². The molecule has 0 saturated heterocycles. The molecule has 2 aromatic rings. The van der Waals surface area contributed by atoms with Gasteiger partial charge in [-0.05, 0) is 55.3 Å². The number of carboxylic acid groups (broad SMARTS) is 1. The summed E-state index contributed by atoms with van der Waals surface area (Å²) >= 11 is 0. The second-order valence-electron chi connectivity index (χ2n) is 6.01. The topological polar surface area (TPSA) is 88.5 Å². The van der Waals surface area contributed by atoms with E-state index in [1.807, 2.05) is 19.1 Å². The second kappa shape index (κ2) is 8.28. The number of ether oxygens (including phenoxy) is 1. The van der Waals surface area contributed by atoms with E-state index in [-0.39, 0.29) is 0 Å². The van der Waals surface area contributed by atoms with Crippen molar-refractivity contribution in [2.75, 3.05) is 0 Å². The van der Waals surface area contributed by atoms with Gasteiger partial charge in [0.1, 0.15) is 17.9 Å². The van der Waals surface area contributed by atoms with Crippen LogP contribution in [-0.2, 0) is 11.4 Å². The van der Waals surface area contributed by atoms with Gasteiger partial charge in [0.15, 0.2) is 0 Å². The van der Waals surface area contributed by atoms with E-state index >= 15 is 0 Å². The summed E-state index contributed by atoms with van der Waals surface area (Å²) in [4.78, 5) is 27.7. The Balaban J connectivity index is 1.99. The van der Waals surface area contributed by atoms with Gasteiger partial charge in [-0.25, -0.2) is 4.79 Å². The average Bonchev–Trinajstić information content (AvgIpc) is 2.61. The quantitative estimate of drug-likeness (QED) is 0.770. The standard InChI is InChI=1S/C19H22N2O4/c1-3-10-19(2,18(23)24)21-17(22)15-4-6-16(7-5-15)25-13-14-8-11-20-12-9-14/h4-9,11-12H,3,10,13H2,1-2H3,(H,21,22)(H,23,24). The monoisotopic (exact) mass is 342 g/mol. The van der Waals surface area contributed by atoms with E-state index in [2.05, 4.69) is 10.3 Å². The molecule has 0 saturated carbocycles. The fraction of sp³-hybridized carbons (Fsp3) is 0.316. The summed E-state index contributed by atoms with van der Waals surface area (Å²) in [6.45, 7) is 3.80. The number of hydrogen-bond donors (Lipinski definition) is 2. The number of aromatic nitrogens is 1. The van der Waals surface area contributed by atoms with E-state index in [4.69, 9.17) is 4.74 Å². The molecule has 25 heavy (non-hydrogen) atoms. The van der Waals surface area contributed by atoms with Crippen molar-refractivity contribution in [1.29, 1.82) is 0 Å². The van der Waals surface area contributed by atoms with Gasteiger partial charge in [-0.1, -0.05) is 13.3 Å². The smallest absolute Gasteiger partial charge is 0.329 e. The Bertz CT molecular complexity index is 716. The van der Waals surface area contributed by atoms with Crippen LogP contribution in [0, 0.1) is 0 Å². The summed E-state index contributed by atoms with van der Waals surface area (Å²) in [6, 6.07) is 10.3. The summed E-state index contributed by atoms with van der Waals surface area (Å²) in [6.07, 6.45) is 4.41. The van der Waals surface area contributed by atoms with Crippen LogP contribution in [0.5, 0.6) is 5.75 Å². The molecule has 0 aliphatic heterocycles. The first-order valence-electron chi connectivity index (χ1n) is 8.12. The number of carboxylic acids is 1. The average molecular weight is 342 g/mol. The highest BCUT2D eigenvalue weighted by atomic mass is 16.5. The van der Waals surface area contributed by atoms with E-state index in [0.29, 0.717) is 30.8 Å². The van der Waals surface area contributed by atoms with Crippen LogP contribution >= 0.6 is 0 Å². The number of benzene rings is 1. The Morgan fingerprint density at radius 2 is 1.80 bits per heavy atom. The molecule has 0 spiro atoms. The third-order valence-corrected chi connectivity index (χ3v) is 3.88. The van der Waals surface area contributed by atoms with Gasteiger partial charge in [-0.3, -0.25) is 9.78 Å². The highest BCUT2D eigenvalue weighted by molar-refractivity contribution is 5.97. The number of hydrogen-bond acceptors (Lipinski definition) is 4. The minimum atomic E-state index is -1.28. The van der Waals surface area contributed by atoms with Crippen molar-refractivity contribution < 1.29 is 19.4 Å². The lowest BCUT2D eigenvalue weighted by molar-refractivity contribution is -0.144. The van der Waals surface area contributed by atoms with Gasteiger partial charge < -0.3 is 15.2 Å². The first kappa shape index (κ1) is 18.4. The van der Waals surface area contributed by atoms with Crippen molar-refractivity contribution >= 4 is 11.9 Å². The summed E-state index contributed by atoms with van der Waals surface area (Å²) in [7, 11) is 0. The molecule has 1 heterocycles. The molecule has 6 heteroatoms. The van der Waals surface area contributed by atoms with E-state index in [0.717, 1.165) is 5.56 Å². The van der Waals surface area contributed by atoms with E-state index in [9.17, 15) is 14.7 Å². The minimum Gasteiger partial charge on any atom is -0.489 e. The van der Waals surface area contributed by atoms with Crippen molar-refractivity contribution in [3.63, 3.8) is 0 Å². The van der Waals surface area contributed by atoms with Crippen LogP contribution in [0.1, 0.15) is 42.6 Å². The lowest BCUT2D eigenvalue weighted by atomic mass is 9.96. The molecular weight excluding hydrogens is 320 g/mol. The Labute approximate surface area is 146 Å². The summed E-state index contributed by atoms with van der Waals surface area (Å²) < 4.78 is 5.65. The molecule has 2 N–H and O–H groups in total. The van der Waals surface area contributed by atoms with Crippen molar-refractivity contribution in [3.8, 4) is 5.75 Å². The molecule has 1 aromatic heterocycles. The molecule has 132 valence electrons. The fourth-order valence-electron chi connectivity index (χ4n) is 2.39. The molecule has 1 atom stereocenters. The van der Waals surface area contributed by atoms with Gasteiger partial charge in [-0.15, -0.1) is 0 Å². The largest absolute Gasteiger partial charge is 0.489 e. The molecule has 0 radical (unpaired) electrons. The van der Waals surface area contributed by atoms with Crippen LogP contribution in [0.3, 0.4) is 0 Å². The highest BCUT2D eigenvalue weighted by Gasteiger charge is 2.33. The van der Waals surface area contributed by atoms with Crippen LogP contribution in [0.15, 0.2) is 48.8 Å². The number of aliphatic carboxylic acids is 1. The van der Waals surface area contributed by atoms with Gasteiger partial charge >= 0.3 is 5.97 Å². The molecule has 0 aliphatic rings. The maximum atomic E-state index is 12.3. The number of carbonyl (C=O) groups excluding carboxylic acids is 1. The zero-order chi connectivity index (χ0) is 18.3. The van der Waals surface area contributed by atoms with Crippen molar-refractivity contribution in [3.05, 3.63) is 59.9 Å². The number of pyridine rings is 1. The van der Waals surface area contributed by atoms with Crippen LogP contribution < -0.4 is 10.1 Å². The van der Waals surface area contributed by atoms with E-state index in [1.54, 1.807) is 36.7 Å². The van der Waals surface area contributed by atoms with Crippen molar-refractivity contribution in [2.24, 2.45) is 0 Å². The third-order valence-electron chi connectivity index (χ3n) is 3.88. The van der Waals surface area contributed by atoms with Gasteiger partial charge in [0.25, 0.3) is 5.91 Å². The van der Waals surface area contributed by atoms with Gasteiger partial charge in [0.05, 0.1) is 0 Å². The van der Waals surface area contributed by atoms with E-state index < -0.39 is 17.4 Å². The normalized spacial score (nSPS) is 12.9. The van der Waals surface area contributed by atoms with Gasteiger partial charge in [0, 0.05) is 18.0 Å². The predicted octanol–water partition coefficient (Wildman–Crippen LogP) is 3.03. The molecule has 0 bridgehead atoms. The summed E-state index contributed by atoms with van der Waals surface area (Å²) in [5.74, 6) is -0.832. The number of nitrogens with one attached hydrogen (secondary N) is 1. The number of carbonyl (C=O) groups is 2. The van der Waals surface area contributed by atoms with Gasteiger partial charge in [-0.2, -0.15) is 0 Å². The summed E-state index contributed by atoms with van der Waals surface area (Å²) in [5, 5.41) is 11.9. The van der Waals surface area contributed by atoms with Crippen LogP contribution in [0.2, 0.25) is 0 Å². The molecule has 2 rings (SSSR count). The number of amides is 1. The molecule has 1 aromatic carbocycles. The molecule has 0 aliphatic carbocycles. The predicted molar refractivity (Wildman–Crippen MR) is 93.4 cm³/mol. The maximum absolute atomic E-state index is 12.3. The zero-order valence-electron chi connectivity index (χ0n) is 14.4. The zero-order valence-corrected chi connectivity index (χ0v) is 14.4. The first-order valence-corrected chi connectivity index (χ1v) is 8.12. The Hall–Kier alpha value is -2.89. The molecule has 1 amide bonds. The second-order valence-corrected chi connectivity index (χ2v) is 6.01. The van der Waals surface area contributed by atoms with Crippen LogP contribution in [0.25, 0.3) is 0 Å². The minimum absolute atomic E-state index is 0.362. The molecular formula is C19H22N2O4. The Kier molecular flexibility index (Phi) is 6.11. The summed E-state index contributed by atoms with van der Waals surface area (Å²) in [5.41, 5.74) is 0.107. The lowest BCUT2D eigenvalue weighted by Gasteiger charge is -2.25. The van der Waals surface area contributed by atoms with Crippen molar-refractivity contribution in [1.82, 2.24) is 10.3 Å². The number of nitrogens with zero attached hydrogens (tertiary/aromatic N) is 1. The third kappa shape index (κ3) is 5.04. The Morgan fingerprint density at radius 3 is 2.36 bits per heavy atom. The number of rotatable bonds is 8. The maximum Gasteiger partial charge on any atom is 0.329 e. The van der Waals surface area contributed by atoms with Crippen molar-refractivity contribution in [2.45, 2.75) is 38.8 Å². The lowest BCUT2D eigenvalue weighted by Crippen LogP contribution is -2.52. The molecule has 6 nitrogen and oxygen atoms in total. The van der Waals surface area contributed by atoms with E-state index in [1.165, 1.54) is 6.92 Å². The van der Waals surface area contributed by atoms with Gasteiger partial charge in [0.2, 0.25) is 0 Å². The van der Waals surface area contributed by atoms with Crippen LogP contribution in [-0.4, -0.2) is 27.5 Å². The fourth-order valence-corrected chi connectivity index (χ4v) is 2.39. The Morgan fingerprint density at radius 1 is 1.16 bits per heavy atom.